The maximum atomic E-state index is 5.30. The number of fused-ring (bicyclic) bond motifs is 1. The molecule has 2 aliphatic rings. The van der Waals surface area contributed by atoms with Gasteiger partial charge < -0.3 is 9.47 Å². The molecule has 2 heterocycles. The summed E-state index contributed by atoms with van der Waals surface area (Å²) in [7, 11) is 0. The summed E-state index contributed by atoms with van der Waals surface area (Å²) in [6.07, 6.45) is 1.23. The lowest BCUT2D eigenvalue weighted by atomic mass is 9.96. The topological polar surface area (TPSA) is 18.5 Å². The zero-order valence-electron chi connectivity index (χ0n) is 5.38. The molecule has 9 heavy (non-hydrogen) atoms. The first-order chi connectivity index (χ1) is 4.38. The molecule has 2 nitrogen and oxygen atoms in total. The summed E-state index contributed by atoms with van der Waals surface area (Å²) < 4.78 is 10.6. The number of rotatable bonds is 0. The van der Waals surface area contributed by atoms with Gasteiger partial charge in [-0.05, 0) is 19.3 Å². The molecule has 0 saturated carbocycles. The Balaban J connectivity index is 2.07. The SMILES string of the molecule is [CH2]C1COC2OCCC12. The van der Waals surface area contributed by atoms with E-state index in [0.717, 1.165) is 19.6 Å². The van der Waals surface area contributed by atoms with E-state index in [2.05, 4.69) is 6.92 Å². The largest absolute Gasteiger partial charge is 0.352 e. The van der Waals surface area contributed by atoms with E-state index in [-0.39, 0.29) is 6.29 Å². The van der Waals surface area contributed by atoms with Crippen molar-refractivity contribution in [1.82, 2.24) is 0 Å². The first-order valence-electron chi connectivity index (χ1n) is 3.44. The molecular weight excluding hydrogens is 116 g/mol. The minimum absolute atomic E-state index is 0.0903. The van der Waals surface area contributed by atoms with Crippen LogP contribution in [0.25, 0.3) is 0 Å². The molecule has 0 aromatic carbocycles. The van der Waals surface area contributed by atoms with Gasteiger partial charge in [-0.3, -0.25) is 0 Å². The molecule has 0 bridgehead atoms. The summed E-state index contributed by atoms with van der Waals surface area (Å²) in [4.78, 5) is 0. The molecule has 1 radical (unpaired) electrons. The molecule has 2 saturated heterocycles. The highest BCUT2D eigenvalue weighted by atomic mass is 16.7. The van der Waals surface area contributed by atoms with E-state index in [0.29, 0.717) is 11.8 Å². The normalized spacial score (nSPS) is 49.7. The van der Waals surface area contributed by atoms with E-state index in [9.17, 15) is 0 Å². The van der Waals surface area contributed by atoms with Gasteiger partial charge in [0, 0.05) is 5.92 Å². The Bertz CT molecular complexity index is 113. The highest BCUT2D eigenvalue weighted by Gasteiger charge is 2.38. The summed E-state index contributed by atoms with van der Waals surface area (Å²) in [6, 6.07) is 0. The van der Waals surface area contributed by atoms with Crippen LogP contribution >= 0.6 is 0 Å². The van der Waals surface area contributed by atoms with E-state index in [4.69, 9.17) is 9.47 Å². The van der Waals surface area contributed by atoms with Crippen LogP contribution in [-0.2, 0) is 9.47 Å². The lowest BCUT2D eigenvalue weighted by molar-refractivity contribution is -0.0905. The lowest BCUT2D eigenvalue weighted by Crippen LogP contribution is -2.12. The van der Waals surface area contributed by atoms with Gasteiger partial charge in [-0.15, -0.1) is 0 Å². The van der Waals surface area contributed by atoms with Gasteiger partial charge in [0.25, 0.3) is 0 Å². The van der Waals surface area contributed by atoms with Crippen molar-refractivity contribution in [3.63, 3.8) is 0 Å². The molecule has 0 amide bonds. The molecule has 2 rings (SSSR count). The molecule has 0 spiro atoms. The molecule has 2 aliphatic heterocycles. The van der Waals surface area contributed by atoms with E-state index in [1.807, 2.05) is 0 Å². The first kappa shape index (κ1) is 5.69. The maximum Gasteiger partial charge on any atom is 0.160 e. The average Bonchev–Trinajstić information content (AvgIpc) is 2.35. The van der Waals surface area contributed by atoms with Gasteiger partial charge in [0.1, 0.15) is 0 Å². The molecule has 0 aliphatic carbocycles. The fraction of sp³-hybridized carbons (Fsp3) is 0.857. The smallest absolute Gasteiger partial charge is 0.160 e. The average molecular weight is 127 g/mol. The van der Waals surface area contributed by atoms with Crippen LogP contribution < -0.4 is 0 Å². The Labute approximate surface area is 55.1 Å². The van der Waals surface area contributed by atoms with Crippen LogP contribution in [0.15, 0.2) is 0 Å². The van der Waals surface area contributed by atoms with Gasteiger partial charge in [0.15, 0.2) is 6.29 Å². The Hall–Kier alpha value is -0.0800. The van der Waals surface area contributed by atoms with Crippen molar-refractivity contribution < 1.29 is 9.47 Å². The zero-order chi connectivity index (χ0) is 6.27. The standard InChI is InChI=1S/C7H11O2/c1-5-4-9-7-6(5)2-3-8-7/h5-7H,1-4H2. The summed E-state index contributed by atoms with van der Waals surface area (Å²) in [5.41, 5.74) is 0. The number of hydrogen-bond donors (Lipinski definition) is 0. The summed E-state index contributed by atoms with van der Waals surface area (Å²) in [6.45, 7) is 5.62. The zero-order valence-corrected chi connectivity index (χ0v) is 5.38. The quantitative estimate of drug-likeness (QED) is 0.480. The second-order valence-corrected chi connectivity index (χ2v) is 2.79. The molecule has 3 unspecified atom stereocenters. The van der Waals surface area contributed by atoms with Gasteiger partial charge in [-0.2, -0.15) is 0 Å². The predicted molar refractivity (Wildman–Crippen MR) is 32.6 cm³/mol. The van der Waals surface area contributed by atoms with Crippen molar-refractivity contribution in [2.45, 2.75) is 12.7 Å². The van der Waals surface area contributed by atoms with Crippen LogP contribution in [0.5, 0.6) is 0 Å². The minimum atomic E-state index is 0.0903. The van der Waals surface area contributed by atoms with Crippen molar-refractivity contribution >= 4 is 0 Å². The Morgan fingerprint density at radius 1 is 1.33 bits per heavy atom. The van der Waals surface area contributed by atoms with Crippen molar-refractivity contribution in [1.29, 1.82) is 0 Å². The van der Waals surface area contributed by atoms with Crippen molar-refractivity contribution in [3.05, 3.63) is 6.92 Å². The van der Waals surface area contributed by atoms with Gasteiger partial charge in [-0.1, -0.05) is 0 Å². The third-order valence-corrected chi connectivity index (χ3v) is 2.16. The number of ether oxygens (including phenoxy) is 2. The molecular formula is C7H11O2. The molecule has 2 heteroatoms. The highest BCUT2D eigenvalue weighted by Crippen LogP contribution is 2.34. The van der Waals surface area contributed by atoms with Gasteiger partial charge in [-0.25, -0.2) is 0 Å². The highest BCUT2D eigenvalue weighted by molar-refractivity contribution is 4.83. The van der Waals surface area contributed by atoms with Crippen LogP contribution in [0.3, 0.4) is 0 Å². The fourth-order valence-electron chi connectivity index (χ4n) is 1.55. The summed E-state index contributed by atoms with van der Waals surface area (Å²) in [5, 5.41) is 0. The summed E-state index contributed by atoms with van der Waals surface area (Å²) >= 11 is 0. The Morgan fingerprint density at radius 3 is 3.00 bits per heavy atom. The van der Waals surface area contributed by atoms with Crippen LogP contribution in [0.1, 0.15) is 6.42 Å². The third kappa shape index (κ3) is 0.775. The van der Waals surface area contributed by atoms with Crippen LogP contribution in [0.4, 0.5) is 0 Å². The molecule has 3 atom stereocenters. The predicted octanol–water partition coefficient (Wildman–Crippen LogP) is 0.829. The third-order valence-electron chi connectivity index (χ3n) is 2.16. The molecule has 0 aromatic rings. The fourth-order valence-corrected chi connectivity index (χ4v) is 1.55. The first-order valence-corrected chi connectivity index (χ1v) is 3.44. The van der Waals surface area contributed by atoms with Crippen LogP contribution in [-0.4, -0.2) is 19.5 Å². The van der Waals surface area contributed by atoms with Crippen molar-refractivity contribution in [2.75, 3.05) is 13.2 Å². The Morgan fingerprint density at radius 2 is 2.22 bits per heavy atom. The van der Waals surface area contributed by atoms with Gasteiger partial charge in [0.2, 0.25) is 0 Å². The monoisotopic (exact) mass is 127 g/mol. The van der Waals surface area contributed by atoms with E-state index < -0.39 is 0 Å². The van der Waals surface area contributed by atoms with Gasteiger partial charge in [0.05, 0.1) is 13.2 Å². The Kier molecular flexibility index (Phi) is 1.24. The minimum Gasteiger partial charge on any atom is -0.352 e. The maximum absolute atomic E-state index is 5.30. The molecule has 0 N–H and O–H groups in total. The van der Waals surface area contributed by atoms with Crippen molar-refractivity contribution in [2.24, 2.45) is 11.8 Å². The van der Waals surface area contributed by atoms with E-state index in [1.165, 1.54) is 0 Å². The number of hydrogen-bond acceptors (Lipinski definition) is 2. The van der Waals surface area contributed by atoms with E-state index in [1.54, 1.807) is 0 Å². The molecule has 0 aromatic heterocycles. The van der Waals surface area contributed by atoms with Crippen LogP contribution in [0, 0.1) is 18.8 Å². The molecule has 51 valence electrons. The lowest BCUT2D eigenvalue weighted by Gasteiger charge is -2.07. The second kappa shape index (κ2) is 1.96. The van der Waals surface area contributed by atoms with Crippen LogP contribution in [0.2, 0.25) is 0 Å². The second-order valence-electron chi connectivity index (χ2n) is 2.79. The van der Waals surface area contributed by atoms with E-state index >= 15 is 0 Å². The van der Waals surface area contributed by atoms with Gasteiger partial charge >= 0.3 is 0 Å². The molecule has 2 fully saturated rings. The van der Waals surface area contributed by atoms with Crippen molar-refractivity contribution in [3.8, 4) is 0 Å². The summed E-state index contributed by atoms with van der Waals surface area (Å²) in [5.74, 6) is 1.06.